The Balaban J connectivity index is 1.89. The Morgan fingerprint density at radius 1 is 1.36 bits per heavy atom. The SMILES string of the molecule is CCS(=O)(=O)NC(CCSC)C(=O)NCC1CCN(c2ccc(F)c(F)c2)C1. The third kappa shape index (κ3) is 6.59. The van der Waals surface area contributed by atoms with E-state index in [9.17, 15) is 22.0 Å². The molecule has 0 saturated carbocycles. The second kappa shape index (κ2) is 10.4. The molecule has 0 bridgehead atoms. The molecule has 1 aliphatic heterocycles. The van der Waals surface area contributed by atoms with Crippen LogP contribution in [-0.4, -0.2) is 57.8 Å². The van der Waals surface area contributed by atoms with Gasteiger partial charge in [0, 0.05) is 31.4 Å². The van der Waals surface area contributed by atoms with Gasteiger partial charge in [0.15, 0.2) is 11.6 Å². The summed E-state index contributed by atoms with van der Waals surface area (Å²) < 4.78 is 52.6. The topological polar surface area (TPSA) is 78.5 Å². The van der Waals surface area contributed by atoms with Crippen molar-refractivity contribution in [3.63, 3.8) is 0 Å². The molecule has 1 aromatic carbocycles. The van der Waals surface area contributed by atoms with Crippen LogP contribution < -0.4 is 14.9 Å². The Hall–Kier alpha value is -1.39. The monoisotopic (exact) mass is 435 g/mol. The number of hydrogen-bond donors (Lipinski definition) is 2. The van der Waals surface area contributed by atoms with Gasteiger partial charge in [-0.25, -0.2) is 21.9 Å². The minimum atomic E-state index is -3.48. The minimum Gasteiger partial charge on any atom is -0.371 e. The van der Waals surface area contributed by atoms with Gasteiger partial charge in [-0.2, -0.15) is 11.8 Å². The molecule has 2 unspecified atom stereocenters. The van der Waals surface area contributed by atoms with Crippen molar-refractivity contribution < 1.29 is 22.0 Å². The Labute approximate surface area is 169 Å². The number of carbonyl (C=O) groups excluding carboxylic acids is 1. The highest BCUT2D eigenvalue weighted by Crippen LogP contribution is 2.25. The zero-order valence-corrected chi connectivity index (χ0v) is 17.7. The predicted molar refractivity (Wildman–Crippen MR) is 109 cm³/mol. The minimum absolute atomic E-state index is 0.0815. The molecule has 28 heavy (non-hydrogen) atoms. The van der Waals surface area contributed by atoms with Crippen LogP contribution in [0, 0.1) is 17.6 Å². The number of halogens is 2. The smallest absolute Gasteiger partial charge is 0.238 e. The fraction of sp³-hybridized carbons (Fsp3) is 0.611. The number of hydrogen-bond acceptors (Lipinski definition) is 5. The fourth-order valence-corrected chi connectivity index (χ4v) is 4.36. The first-order chi connectivity index (χ1) is 13.3. The number of amides is 1. The van der Waals surface area contributed by atoms with Gasteiger partial charge in [-0.15, -0.1) is 0 Å². The molecule has 158 valence electrons. The highest BCUT2D eigenvalue weighted by molar-refractivity contribution is 7.98. The molecule has 2 rings (SSSR count). The van der Waals surface area contributed by atoms with E-state index in [1.54, 1.807) is 11.8 Å². The molecule has 2 atom stereocenters. The van der Waals surface area contributed by atoms with Gasteiger partial charge in [0.05, 0.1) is 5.75 Å². The van der Waals surface area contributed by atoms with Gasteiger partial charge in [-0.05, 0) is 49.8 Å². The maximum absolute atomic E-state index is 13.4. The van der Waals surface area contributed by atoms with Crippen molar-refractivity contribution in [2.45, 2.75) is 25.8 Å². The van der Waals surface area contributed by atoms with Crippen molar-refractivity contribution >= 4 is 33.4 Å². The van der Waals surface area contributed by atoms with Crippen molar-refractivity contribution in [3.8, 4) is 0 Å². The average Bonchev–Trinajstić information content (AvgIpc) is 3.14. The normalized spacial score (nSPS) is 18.3. The largest absolute Gasteiger partial charge is 0.371 e. The molecule has 1 amide bonds. The summed E-state index contributed by atoms with van der Waals surface area (Å²) in [6, 6.07) is 3.03. The van der Waals surface area contributed by atoms with Gasteiger partial charge >= 0.3 is 0 Å². The van der Waals surface area contributed by atoms with E-state index in [4.69, 9.17) is 0 Å². The van der Waals surface area contributed by atoms with Gasteiger partial charge in [0.2, 0.25) is 15.9 Å². The summed E-state index contributed by atoms with van der Waals surface area (Å²) in [4.78, 5) is 14.4. The van der Waals surface area contributed by atoms with Crippen molar-refractivity contribution in [1.82, 2.24) is 10.0 Å². The van der Waals surface area contributed by atoms with Crippen molar-refractivity contribution in [2.24, 2.45) is 5.92 Å². The van der Waals surface area contributed by atoms with Crippen LogP contribution in [0.25, 0.3) is 0 Å². The van der Waals surface area contributed by atoms with Gasteiger partial charge in [0.25, 0.3) is 0 Å². The quantitative estimate of drug-likeness (QED) is 0.588. The Morgan fingerprint density at radius 2 is 2.11 bits per heavy atom. The number of benzene rings is 1. The van der Waals surface area contributed by atoms with E-state index in [1.165, 1.54) is 19.1 Å². The molecule has 2 N–H and O–H groups in total. The van der Waals surface area contributed by atoms with Crippen LogP contribution in [0.2, 0.25) is 0 Å². The lowest BCUT2D eigenvalue weighted by Gasteiger charge is -2.21. The number of rotatable bonds is 10. The zero-order chi connectivity index (χ0) is 20.7. The van der Waals surface area contributed by atoms with Crippen LogP contribution in [0.5, 0.6) is 0 Å². The molecule has 0 spiro atoms. The summed E-state index contributed by atoms with van der Waals surface area (Å²) >= 11 is 1.55. The zero-order valence-electron chi connectivity index (χ0n) is 16.1. The molecular weight excluding hydrogens is 408 g/mol. The van der Waals surface area contributed by atoms with Crippen LogP contribution in [0.1, 0.15) is 19.8 Å². The molecule has 10 heteroatoms. The predicted octanol–water partition coefficient (Wildman–Crippen LogP) is 1.97. The second-order valence-electron chi connectivity index (χ2n) is 6.80. The van der Waals surface area contributed by atoms with E-state index in [0.717, 1.165) is 12.5 Å². The van der Waals surface area contributed by atoms with Crippen LogP contribution in [0.15, 0.2) is 18.2 Å². The molecule has 1 aliphatic rings. The number of carbonyl (C=O) groups is 1. The van der Waals surface area contributed by atoms with Crippen LogP contribution in [0.3, 0.4) is 0 Å². The first-order valence-electron chi connectivity index (χ1n) is 9.22. The summed E-state index contributed by atoms with van der Waals surface area (Å²) in [5.41, 5.74) is 0.612. The molecule has 1 heterocycles. The van der Waals surface area contributed by atoms with E-state index >= 15 is 0 Å². The molecular formula is C18H27F2N3O3S2. The molecule has 1 saturated heterocycles. The van der Waals surface area contributed by atoms with E-state index in [-0.39, 0.29) is 17.6 Å². The van der Waals surface area contributed by atoms with Gasteiger partial charge in [-0.1, -0.05) is 0 Å². The highest BCUT2D eigenvalue weighted by Gasteiger charge is 2.27. The third-order valence-electron chi connectivity index (χ3n) is 4.75. The Kier molecular flexibility index (Phi) is 8.51. The molecule has 1 aromatic rings. The van der Waals surface area contributed by atoms with Crippen molar-refractivity contribution in [3.05, 3.63) is 29.8 Å². The first kappa shape index (κ1) is 22.9. The average molecular weight is 436 g/mol. The second-order valence-corrected chi connectivity index (χ2v) is 9.83. The van der Waals surface area contributed by atoms with Crippen molar-refractivity contribution in [2.75, 3.05) is 42.3 Å². The van der Waals surface area contributed by atoms with Crippen LogP contribution in [-0.2, 0) is 14.8 Å². The lowest BCUT2D eigenvalue weighted by atomic mass is 10.1. The summed E-state index contributed by atoms with van der Waals surface area (Å²) in [5.74, 6) is -1.36. The van der Waals surface area contributed by atoms with Gasteiger partial charge < -0.3 is 10.2 Å². The number of thioether (sulfide) groups is 1. The van der Waals surface area contributed by atoms with E-state index < -0.39 is 27.7 Å². The van der Waals surface area contributed by atoms with E-state index in [2.05, 4.69) is 10.0 Å². The molecule has 0 aliphatic carbocycles. The maximum Gasteiger partial charge on any atom is 0.238 e. The molecule has 6 nitrogen and oxygen atoms in total. The molecule has 1 fully saturated rings. The summed E-state index contributed by atoms with van der Waals surface area (Å²) in [5, 5.41) is 2.84. The fourth-order valence-electron chi connectivity index (χ4n) is 3.06. The summed E-state index contributed by atoms with van der Waals surface area (Å²) in [7, 11) is -3.48. The molecule has 0 aromatic heterocycles. The van der Waals surface area contributed by atoms with Crippen LogP contribution in [0.4, 0.5) is 14.5 Å². The maximum atomic E-state index is 13.4. The number of nitrogens with one attached hydrogen (secondary N) is 2. The van der Waals surface area contributed by atoms with Crippen molar-refractivity contribution in [1.29, 1.82) is 0 Å². The number of nitrogens with zero attached hydrogens (tertiary/aromatic N) is 1. The highest BCUT2D eigenvalue weighted by atomic mass is 32.2. The third-order valence-corrected chi connectivity index (χ3v) is 6.80. The lowest BCUT2D eigenvalue weighted by Crippen LogP contribution is -2.48. The summed E-state index contributed by atoms with van der Waals surface area (Å²) in [6.07, 6.45) is 3.11. The number of sulfonamides is 1. The van der Waals surface area contributed by atoms with E-state index in [1.807, 2.05) is 11.2 Å². The van der Waals surface area contributed by atoms with Gasteiger partial charge in [-0.3, -0.25) is 4.79 Å². The lowest BCUT2D eigenvalue weighted by molar-refractivity contribution is -0.122. The first-order valence-corrected chi connectivity index (χ1v) is 12.3. The Bertz CT molecular complexity index is 777. The molecule has 0 radical (unpaired) electrons. The summed E-state index contributed by atoms with van der Waals surface area (Å²) in [6.45, 7) is 3.23. The Morgan fingerprint density at radius 3 is 2.75 bits per heavy atom. The van der Waals surface area contributed by atoms with Crippen LogP contribution >= 0.6 is 11.8 Å². The number of anilines is 1. The van der Waals surface area contributed by atoms with E-state index in [0.29, 0.717) is 37.5 Å². The standard InChI is InChI=1S/C18H27F2N3O3S2/c1-3-28(25,26)22-17(7-9-27-2)18(24)21-11-13-6-8-23(12-13)14-4-5-15(19)16(20)10-14/h4-5,10,13,17,22H,3,6-9,11-12H2,1-2H3,(H,21,24). The van der Waals surface area contributed by atoms with Gasteiger partial charge in [0.1, 0.15) is 6.04 Å².